The average molecular weight is 263 g/mol. The van der Waals surface area contributed by atoms with E-state index in [2.05, 4.69) is 11.8 Å². The summed E-state index contributed by atoms with van der Waals surface area (Å²) in [5, 5.41) is 8.60. The normalized spacial score (nSPS) is 14.0. The lowest BCUT2D eigenvalue weighted by Gasteiger charge is -2.13. The van der Waals surface area contributed by atoms with Gasteiger partial charge in [-0.25, -0.2) is 9.18 Å². The molecule has 1 N–H and O–H groups in total. The molecule has 1 amide bonds. The molecule has 0 unspecified atom stereocenters. The van der Waals surface area contributed by atoms with Crippen LogP contribution in [0.5, 0.6) is 0 Å². The molecule has 0 radical (unpaired) electrons. The molecule has 1 aromatic carbocycles. The Hall–Kier alpha value is -2.06. The van der Waals surface area contributed by atoms with Crippen LogP contribution in [0.25, 0.3) is 0 Å². The fraction of sp³-hybridized carbons (Fsp3) is 0.357. The molecule has 1 fully saturated rings. The molecule has 4 nitrogen and oxygen atoms in total. The van der Waals surface area contributed by atoms with Crippen LogP contribution < -0.4 is 0 Å². The zero-order valence-electron chi connectivity index (χ0n) is 10.4. The predicted molar refractivity (Wildman–Crippen MR) is 66.7 cm³/mol. The summed E-state index contributed by atoms with van der Waals surface area (Å²) in [6, 6.07) is 4.65. The molecule has 19 heavy (non-hydrogen) atoms. The maximum atomic E-state index is 13.8. The van der Waals surface area contributed by atoms with E-state index in [4.69, 9.17) is 9.84 Å². The first-order valence-electron chi connectivity index (χ1n) is 6.00. The number of rotatable bonds is 3. The van der Waals surface area contributed by atoms with Crippen molar-refractivity contribution in [3.8, 4) is 11.8 Å². The lowest BCUT2D eigenvalue weighted by atomic mass is 10.1. The van der Waals surface area contributed by atoms with E-state index in [0.717, 1.165) is 0 Å². The second-order valence-electron chi connectivity index (χ2n) is 4.12. The van der Waals surface area contributed by atoms with E-state index in [-0.39, 0.29) is 13.2 Å². The molecule has 0 spiro atoms. The van der Waals surface area contributed by atoms with Crippen molar-refractivity contribution in [2.45, 2.75) is 13.0 Å². The van der Waals surface area contributed by atoms with Crippen molar-refractivity contribution in [2.75, 3.05) is 19.8 Å². The molecule has 100 valence electrons. The van der Waals surface area contributed by atoms with Crippen LogP contribution >= 0.6 is 0 Å². The Labute approximate surface area is 110 Å². The first-order valence-corrected chi connectivity index (χ1v) is 6.00. The van der Waals surface area contributed by atoms with Crippen LogP contribution in [-0.4, -0.2) is 35.9 Å². The van der Waals surface area contributed by atoms with Crippen molar-refractivity contribution in [1.29, 1.82) is 0 Å². The summed E-state index contributed by atoms with van der Waals surface area (Å²) in [6.07, 6.45) is -0.0468. The van der Waals surface area contributed by atoms with Crippen LogP contribution in [0.4, 0.5) is 9.18 Å². The predicted octanol–water partition coefficient (Wildman–Crippen LogP) is 1.51. The molecule has 0 bridgehead atoms. The zero-order valence-corrected chi connectivity index (χ0v) is 10.4. The average Bonchev–Trinajstić information content (AvgIpc) is 2.79. The standard InChI is InChI=1S/C14H14FNO3/c15-13-9-11(3-1-2-7-17)4-5-12(13)10-16-6-8-19-14(16)18/h4-5,9,17H,2,6-8,10H2. The molecular formula is C14H14FNO3. The second kappa shape index (κ2) is 6.21. The minimum atomic E-state index is -0.411. The Balaban J connectivity index is 2.07. The van der Waals surface area contributed by atoms with Gasteiger partial charge in [0.25, 0.3) is 0 Å². The van der Waals surface area contributed by atoms with Crippen LogP contribution in [0.15, 0.2) is 18.2 Å². The molecule has 1 aliphatic rings. The minimum absolute atomic E-state index is 0.00929. The van der Waals surface area contributed by atoms with Gasteiger partial charge >= 0.3 is 6.09 Å². The summed E-state index contributed by atoms with van der Waals surface area (Å²) in [4.78, 5) is 12.7. The Bertz CT molecular complexity index is 533. The molecule has 1 aromatic rings. The largest absolute Gasteiger partial charge is 0.448 e. The Morgan fingerprint density at radius 2 is 2.32 bits per heavy atom. The number of aliphatic hydroxyl groups excluding tert-OH is 1. The first kappa shape index (κ1) is 13.4. The highest BCUT2D eigenvalue weighted by Crippen LogP contribution is 2.15. The van der Waals surface area contributed by atoms with Gasteiger partial charge in [-0.3, -0.25) is 0 Å². The number of cyclic esters (lactones) is 1. The quantitative estimate of drug-likeness (QED) is 0.841. The lowest BCUT2D eigenvalue weighted by Crippen LogP contribution is -2.24. The lowest BCUT2D eigenvalue weighted by molar-refractivity contribution is 0.157. The molecule has 1 saturated heterocycles. The molecule has 5 heteroatoms. The SMILES string of the molecule is O=C1OCCN1Cc1ccc(C#CCCO)cc1F. The number of hydrogen-bond donors (Lipinski definition) is 1. The highest BCUT2D eigenvalue weighted by atomic mass is 19.1. The number of hydrogen-bond acceptors (Lipinski definition) is 3. The second-order valence-corrected chi connectivity index (χ2v) is 4.12. The summed E-state index contributed by atoms with van der Waals surface area (Å²) in [6.45, 7) is 1.03. The summed E-state index contributed by atoms with van der Waals surface area (Å²) < 4.78 is 18.6. The molecule has 0 aliphatic carbocycles. The molecule has 1 heterocycles. The van der Waals surface area contributed by atoms with Gasteiger partial charge in [0.15, 0.2) is 0 Å². The van der Waals surface area contributed by atoms with Crippen LogP contribution in [-0.2, 0) is 11.3 Å². The number of benzene rings is 1. The maximum absolute atomic E-state index is 13.8. The number of aliphatic hydroxyl groups is 1. The summed E-state index contributed by atoms with van der Waals surface area (Å²) >= 11 is 0. The van der Waals surface area contributed by atoms with Crippen molar-refractivity contribution in [3.63, 3.8) is 0 Å². The van der Waals surface area contributed by atoms with E-state index < -0.39 is 11.9 Å². The van der Waals surface area contributed by atoms with Crippen molar-refractivity contribution in [3.05, 3.63) is 35.1 Å². The minimum Gasteiger partial charge on any atom is -0.448 e. The van der Waals surface area contributed by atoms with Crippen LogP contribution in [0.3, 0.4) is 0 Å². The van der Waals surface area contributed by atoms with Gasteiger partial charge in [-0.05, 0) is 12.1 Å². The zero-order chi connectivity index (χ0) is 13.7. The molecule has 0 atom stereocenters. The molecule has 0 saturated carbocycles. The molecular weight excluding hydrogens is 249 g/mol. The topological polar surface area (TPSA) is 49.8 Å². The summed E-state index contributed by atoms with van der Waals surface area (Å²) in [7, 11) is 0. The van der Waals surface area contributed by atoms with Crippen molar-refractivity contribution >= 4 is 6.09 Å². The van der Waals surface area contributed by atoms with E-state index >= 15 is 0 Å². The Morgan fingerprint density at radius 1 is 1.47 bits per heavy atom. The Morgan fingerprint density at radius 3 is 2.95 bits per heavy atom. The van der Waals surface area contributed by atoms with Crippen molar-refractivity contribution in [1.82, 2.24) is 4.90 Å². The van der Waals surface area contributed by atoms with E-state index in [0.29, 0.717) is 30.7 Å². The van der Waals surface area contributed by atoms with Gasteiger partial charge in [0, 0.05) is 17.5 Å². The van der Waals surface area contributed by atoms with Gasteiger partial charge in [0.2, 0.25) is 0 Å². The number of halogens is 1. The number of carbonyl (C=O) groups is 1. The van der Waals surface area contributed by atoms with Gasteiger partial charge in [-0.2, -0.15) is 0 Å². The number of amides is 1. The smallest absolute Gasteiger partial charge is 0.410 e. The van der Waals surface area contributed by atoms with Gasteiger partial charge in [-0.15, -0.1) is 0 Å². The third-order valence-corrected chi connectivity index (χ3v) is 2.73. The van der Waals surface area contributed by atoms with E-state index in [1.54, 1.807) is 12.1 Å². The Kier molecular flexibility index (Phi) is 4.37. The van der Waals surface area contributed by atoms with E-state index in [1.807, 2.05) is 0 Å². The summed E-state index contributed by atoms with van der Waals surface area (Å²) in [5.41, 5.74) is 0.991. The van der Waals surface area contributed by atoms with Gasteiger partial charge in [-0.1, -0.05) is 17.9 Å². The maximum Gasteiger partial charge on any atom is 0.410 e. The molecule has 0 aromatic heterocycles. The number of nitrogens with zero attached hydrogens (tertiary/aromatic N) is 1. The highest BCUT2D eigenvalue weighted by molar-refractivity contribution is 5.69. The van der Waals surface area contributed by atoms with E-state index in [9.17, 15) is 9.18 Å². The van der Waals surface area contributed by atoms with Crippen LogP contribution in [0.1, 0.15) is 17.5 Å². The molecule has 2 rings (SSSR count). The van der Waals surface area contributed by atoms with Crippen molar-refractivity contribution < 1.29 is 19.0 Å². The van der Waals surface area contributed by atoms with Gasteiger partial charge in [0.05, 0.1) is 19.7 Å². The highest BCUT2D eigenvalue weighted by Gasteiger charge is 2.22. The monoisotopic (exact) mass is 263 g/mol. The fourth-order valence-electron chi connectivity index (χ4n) is 1.75. The number of ether oxygens (including phenoxy) is 1. The molecule has 1 aliphatic heterocycles. The summed E-state index contributed by atoms with van der Waals surface area (Å²) in [5.74, 6) is 5.09. The third-order valence-electron chi connectivity index (χ3n) is 2.73. The van der Waals surface area contributed by atoms with Crippen LogP contribution in [0, 0.1) is 17.7 Å². The number of carbonyl (C=O) groups excluding carboxylic acids is 1. The van der Waals surface area contributed by atoms with Crippen molar-refractivity contribution in [2.24, 2.45) is 0 Å². The fourth-order valence-corrected chi connectivity index (χ4v) is 1.75. The first-order chi connectivity index (χ1) is 9.20. The van der Waals surface area contributed by atoms with Gasteiger partial charge in [0.1, 0.15) is 12.4 Å². The van der Waals surface area contributed by atoms with E-state index in [1.165, 1.54) is 11.0 Å². The van der Waals surface area contributed by atoms with Crippen LogP contribution in [0.2, 0.25) is 0 Å². The van der Waals surface area contributed by atoms with Gasteiger partial charge < -0.3 is 14.7 Å². The third kappa shape index (κ3) is 3.46.